The minimum absolute atomic E-state index is 0. The normalized spacial score (nSPS) is 19.5. The second-order valence-corrected chi connectivity index (χ2v) is 15.6. The van der Waals surface area contributed by atoms with Crippen LogP contribution in [0.3, 0.4) is 0 Å². The summed E-state index contributed by atoms with van der Waals surface area (Å²) in [5.41, 5.74) is 6.89. The van der Waals surface area contributed by atoms with E-state index in [0.717, 1.165) is 95.8 Å². The van der Waals surface area contributed by atoms with Crippen molar-refractivity contribution in [2.75, 3.05) is 53.0 Å². The van der Waals surface area contributed by atoms with E-state index >= 15 is 0 Å². The molecule has 62 heavy (non-hydrogen) atoms. The molecule has 2 fully saturated rings. The first-order valence-corrected chi connectivity index (χ1v) is 20.7. The number of benzene rings is 6. The topological polar surface area (TPSA) is 79.4 Å². The molecule has 6 aromatic carbocycles. The molecule has 0 aliphatic carbocycles. The molecule has 6 aromatic rings. The van der Waals surface area contributed by atoms with Crippen LogP contribution in [-0.4, -0.2) is 53.0 Å². The van der Waals surface area contributed by atoms with Gasteiger partial charge in [-0.3, -0.25) is 0 Å². The van der Waals surface area contributed by atoms with Crippen LogP contribution in [0.4, 0.5) is 8.78 Å². The molecular formula is C50H50Cl2F2N2O6. The van der Waals surface area contributed by atoms with Crippen LogP contribution >= 0.6 is 24.8 Å². The maximum Gasteiger partial charge on any atom is 0.231 e. The van der Waals surface area contributed by atoms with Crippen molar-refractivity contribution < 1.29 is 37.2 Å². The first-order chi connectivity index (χ1) is 29.5. The smallest absolute Gasteiger partial charge is 0.231 e. The molecule has 0 amide bonds. The van der Waals surface area contributed by atoms with Crippen molar-refractivity contribution >= 4 is 24.8 Å². The van der Waals surface area contributed by atoms with Crippen molar-refractivity contribution in [3.05, 3.63) is 156 Å². The average molecular weight is 884 g/mol. The molecule has 10 rings (SSSR count). The molecule has 4 atom stereocenters. The standard InChI is InChI=1S/2C25H24FNO3.2ClH/c2*26-21-7-5-18(6-8-21)17-1-3-19(4-2-17)23-11-12-27-14-20(23)15-28-22-9-10-24-25(13-22)30-16-29-24;;/h2*1-10,13,20,23,27H,11-12,14-16H2;2*1H/t20-,23-;;;/m0.../s1. The monoisotopic (exact) mass is 882 g/mol. The first-order valence-electron chi connectivity index (χ1n) is 20.7. The Labute approximate surface area is 373 Å². The SMILES string of the molecule is Cl.Cl.Fc1ccc(-c2ccc(C3CCNCC3COc3ccc4c(c3)OCO4)cc2)cc1.Fc1ccc(-c2ccc([C@@H]3CCNC[C@H]3COc3ccc4c(c3)OCO4)cc2)cc1. The highest BCUT2D eigenvalue weighted by Gasteiger charge is 2.29. The highest BCUT2D eigenvalue weighted by atomic mass is 35.5. The lowest BCUT2D eigenvalue weighted by atomic mass is 9.81. The maximum absolute atomic E-state index is 13.2. The first kappa shape index (κ1) is 44.5. The number of rotatable bonds is 10. The zero-order chi connectivity index (χ0) is 40.7. The van der Waals surface area contributed by atoms with Crippen LogP contribution in [0.15, 0.2) is 133 Å². The van der Waals surface area contributed by atoms with Crippen LogP contribution in [0.25, 0.3) is 22.3 Å². The van der Waals surface area contributed by atoms with Gasteiger partial charge >= 0.3 is 0 Å². The molecule has 12 heteroatoms. The third-order valence-electron chi connectivity index (χ3n) is 11.9. The Morgan fingerprint density at radius 1 is 0.452 bits per heavy atom. The predicted octanol–water partition coefficient (Wildman–Crippen LogP) is 10.8. The largest absolute Gasteiger partial charge is 0.493 e. The molecule has 324 valence electrons. The van der Waals surface area contributed by atoms with E-state index in [0.29, 0.717) is 36.9 Å². The lowest BCUT2D eigenvalue weighted by molar-refractivity contribution is 0.173. The number of nitrogens with one attached hydrogen (secondary N) is 2. The van der Waals surface area contributed by atoms with Gasteiger partial charge in [0.25, 0.3) is 0 Å². The third-order valence-corrected chi connectivity index (χ3v) is 11.9. The van der Waals surface area contributed by atoms with Gasteiger partial charge in [-0.05, 0) is 120 Å². The van der Waals surface area contributed by atoms with E-state index in [2.05, 4.69) is 59.2 Å². The van der Waals surface area contributed by atoms with Crippen LogP contribution in [0.1, 0.15) is 35.8 Å². The molecule has 8 nitrogen and oxygen atoms in total. The lowest BCUT2D eigenvalue weighted by Crippen LogP contribution is -2.38. The van der Waals surface area contributed by atoms with E-state index in [1.165, 1.54) is 35.4 Å². The molecular weight excluding hydrogens is 833 g/mol. The Balaban J connectivity index is 0.000000181. The van der Waals surface area contributed by atoms with E-state index in [1.807, 2.05) is 60.7 Å². The lowest BCUT2D eigenvalue weighted by Gasteiger charge is -2.32. The summed E-state index contributed by atoms with van der Waals surface area (Å²) in [5.74, 6) is 5.80. The van der Waals surface area contributed by atoms with E-state index in [1.54, 1.807) is 0 Å². The fraction of sp³-hybridized carbons (Fsp3) is 0.280. The second-order valence-electron chi connectivity index (χ2n) is 15.6. The molecule has 4 aliphatic heterocycles. The zero-order valence-electron chi connectivity index (χ0n) is 34.1. The fourth-order valence-electron chi connectivity index (χ4n) is 8.54. The predicted molar refractivity (Wildman–Crippen MR) is 242 cm³/mol. The van der Waals surface area contributed by atoms with Crippen LogP contribution in [-0.2, 0) is 0 Å². The Bertz CT molecular complexity index is 2190. The van der Waals surface area contributed by atoms with E-state index in [4.69, 9.17) is 28.4 Å². The molecule has 0 radical (unpaired) electrons. The Hall–Kier alpha value is -5.52. The summed E-state index contributed by atoms with van der Waals surface area (Å²) in [4.78, 5) is 0. The Morgan fingerprint density at radius 2 is 0.806 bits per heavy atom. The number of fused-ring (bicyclic) bond motifs is 2. The number of halogens is 4. The van der Waals surface area contributed by atoms with Gasteiger partial charge in [-0.25, -0.2) is 8.78 Å². The fourth-order valence-corrected chi connectivity index (χ4v) is 8.54. The van der Waals surface area contributed by atoms with Crippen LogP contribution in [0.5, 0.6) is 34.5 Å². The number of ether oxygens (including phenoxy) is 6. The number of piperidine rings is 2. The molecule has 2 N–H and O–H groups in total. The molecule has 4 heterocycles. The summed E-state index contributed by atoms with van der Waals surface area (Å²) in [6.45, 7) is 5.66. The molecule has 0 aromatic heterocycles. The molecule has 0 saturated carbocycles. The summed E-state index contributed by atoms with van der Waals surface area (Å²) in [6.07, 6.45) is 2.15. The average Bonchev–Trinajstić information content (AvgIpc) is 3.98. The number of hydrogen-bond acceptors (Lipinski definition) is 8. The van der Waals surface area contributed by atoms with Crippen LogP contribution in [0, 0.1) is 23.5 Å². The summed E-state index contributed by atoms with van der Waals surface area (Å²) in [5, 5.41) is 6.99. The summed E-state index contributed by atoms with van der Waals surface area (Å²) in [7, 11) is 0. The maximum atomic E-state index is 13.2. The minimum Gasteiger partial charge on any atom is -0.493 e. The van der Waals surface area contributed by atoms with Gasteiger partial charge in [0.05, 0.1) is 13.2 Å². The summed E-state index contributed by atoms with van der Waals surface area (Å²) >= 11 is 0. The highest BCUT2D eigenvalue weighted by molar-refractivity contribution is 5.85. The second kappa shape index (κ2) is 21.0. The highest BCUT2D eigenvalue weighted by Crippen LogP contribution is 2.38. The van der Waals surface area contributed by atoms with Crippen molar-refractivity contribution in [1.29, 1.82) is 0 Å². The summed E-state index contributed by atoms with van der Waals surface area (Å²) < 4.78 is 60.2. The zero-order valence-corrected chi connectivity index (χ0v) is 35.7. The Kier molecular flexibility index (Phi) is 15.1. The third kappa shape index (κ3) is 10.7. The molecule has 2 saturated heterocycles. The van der Waals surface area contributed by atoms with Gasteiger partial charge in [-0.2, -0.15) is 0 Å². The van der Waals surface area contributed by atoms with Gasteiger partial charge in [0.2, 0.25) is 13.6 Å². The van der Waals surface area contributed by atoms with Crippen LogP contribution < -0.4 is 39.1 Å². The molecule has 4 aliphatic rings. The van der Waals surface area contributed by atoms with Crippen molar-refractivity contribution in [3.63, 3.8) is 0 Å². The van der Waals surface area contributed by atoms with Crippen molar-refractivity contribution in [3.8, 4) is 56.8 Å². The molecule has 2 unspecified atom stereocenters. The molecule has 0 bridgehead atoms. The Morgan fingerprint density at radius 3 is 1.19 bits per heavy atom. The van der Waals surface area contributed by atoms with Gasteiger partial charge in [0, 0.05) is 37.1 Å². The van der Waals surface area contributed by atoms with E-state index < -0.39 is 0 Å². The quantitative estimate of drug-likeness (QED) is 0.141. The van der Waals surface area contributed by atoms with Gasteiger partial charge in [-0.15, -0.1) is 24.8 Å². The van der Waals surface area contributed by atoms with Gasteiger partial charge in [0.15, 0.2) is 23.0 Å². The van der Waals surface area contributed by atoms with Gasteiger partial charge in [-0.1, -0.05) is 72.8 Å². The molecule has 0 spiro atoms. The van der Waals surface area contributed by atoms with Crippen LogP contribution in [0.2, 0.25) is 0 Å². The van der Waals surface area contributed by atoms with E-state index in [-0.39, 0.29) is 50.0 Å². The van der Waals surface area contributed by atoms with Crippen molar-refractivity contribution in [2.24, 2.45) is 11.8 Å². The minimum atomic E-state index is -0.213. The van der Waals surface area contributed by atoms with Crippen molar-refractivity contribution in [2.45, 2.75) is 24.7 Å². The van der Waals surface area contributed by atoms with Crippen molar-refractivity contribution in [1.82, 2.24) is 10.6 Å². The van der Waals surface area contributed by atoms with Gasteiger partial charge in [0.1, 0.15) is 23.1 Å². The van der Waals surface area contributed by atoms with E-state index in [9.17, 15) is 8.78 Å². The van der Waals surface area contributed by atoms with Gasteiger partial charge < -0.3 is 39.1 Å². The summed E-state index contributed by atoms with van der Waals surface area (Å²) in [6, 6.07) is 42.0. The number of hydrogen-bond donors (Lipinski definition) is 2.